The minimum absolute atomic E-state index is 0.0000463. The Bertz CT molecular complexity index is 629. The van der Waals surface area contributed by atoms with Crippen LogP contribution in [-0.4, -0.2) is 16.5 Å². The van der Waals surface area contributed by atoms with Crippen molar-refractivity contribution in [3.63, 3.8) is 0 Å². The van der Waals surface area contributed by atoms with E-state index in [9.17, 15) is 10.1 Å². The number of hydrogen-bond donors (Lipinski definition) is 1. The third-order valence-corrected chi connectivity index (χ3v) is 3.37. The lowest BCUT2D eigenvalue weighted by Gasteiger charge is -2.12. The lowest BCUT2D eigenvalue weighted by atomic mass is 10.1. The Hall–Kier alpha value is -1.69. The Morgan fingerprint density at radius 3 is 2.84 bits per heavy atom. The monoisotopic (exact) mass is 323 g/mol. The van der Waals surface area contributed by atoms with E-state index in [1.807, 2.05) is 18.2 Å². The first-order valence-electron chi connectivity index (χ1n) is 5.96. The van der Waals surface area contributed by atoms with Crippen LogP contribution >= 0.6 is 15.9 Å². The van der Waals surface area contributed by atoms with Gasteiger partial charge in [0.05, 0.1) is 10.4 Å². The van der Waals surface area contributed by atoms with E-state index >= 15 is 0 Å². The van der Waals surface area contributed by atoms with Gasteiger partial charge in [0.2, 0.25) is 0 Å². The zero-order chi connectivity index (χ0) is 14.0. The highest BCUT2D eigenvalue weighted by Gasteiger charge is 2.19. The highest BCUT2D eigenvalue weighted by molar-refractivity contribution is 9.10. The number of nitro groups is 1. The van der Waals surface area contributed by atoms with Gasteiger partial charge < -0.3 is 5.32 Å². The third-order valence-electron chi connectivity index (χ3n) is 2.71. The second-order valence-corrected chi connectivity index (χ2v) is 5.54. The van der Waals surface area contributed by atoms with E-state index in [0.717, 1.165) is 15.4 Å². The normalized spacial score (nSPS) is 10.9. The van der Waals surface area contributed by atoms with E-state index in [1.54, 1.807) is 0 Å². The number of fused-ring (bicyclic) bond motifs is 1. The van der Waals surface area contributed by atoms with Gasteiger partial charge in [0.1, 0.15) is 11.9 Å². The molecular formula is C13H14BrN3O2. The van der Waals surface area contributed by atoms with Gasteiger partial charge in [-0.25, -0.2) is 4.98 Å². The maximum atomic E-state index is 11.1. The number of anilines is 1. The van der Waals surface area contributed by atoms with Crippen LogP contribution in [0.2, 0.25) is 0 Å². The molecule has 0 fully saturated rings. The molecule has 6 heteroatoms. The molecule has 0 saturated carbocycles. The highest BCUT2D eigenvalue weighted by atomic mass is 79.9. The molecule has 1 aromatic heterocycles. The van der Waals surface area contributed by atoms with Gasteiger partial charge in [0.15, 0.2) is 0 Å². The summed E-state index contributed by atoms with van der Waals surface area (Å²) in [6, 6.07) is 5.55. The molecule has 100 valence electrons. The number of pyridine rings is 1. The first-order valence-corrected chi connectivity index (χ1v) is 6.75. The van der Waals surface area contributed by atoms with Crippen LogP contribution in [0.15, 0.2) is 28.9 Å². The van der Waals surface area contributed by atoms with Crippen molar-refractivity contribution in [2.75, 3.05) is 11.9 Å². The summed E-state index contributed by atoms with van der Waals surface area (Å²) in [7, 11) is 0. The summed E-state index contributed by atoms with van der Waals surface area (Å²) in [4.78, 5) is 14.9. The second kappa shape index (κ2) is 5.52. The van der Waals surface area contributed by atoms with Crippen LogP contribution in [0.5, 0.6) is 0 Å². The zero-order valence-electron chi connectivity index (χ0n) is 10.7. The Morgan fingerprint density at radius 2 is 2.21 bits per heavy atom. The number of halogens is 1. The number of hydrogen-bond acceptors (Lipinski definition) is 4. The summed E-state index contributed by atoms with van der Waals surface area (Å²) in [6.45, 7) is 4.77. The van der Waals surface area contributed by atoms with E-state index in [0.29, 0.717) is 18.2 Å². The lowest BCUT2D eigenvalue weighted by Crippen LogP contribution is -2.10. The van der Waals surface area contributed by atoms with Crippen LogP contribution in [0, 0.1) is 16.0 Å². The molecule has 0 amide bonds. The van der Waals surface area contributed by atoms with Gasteiger partial charge in [-0.2, -0.15) is 0 Å². The van der Waals surface area contributed by atoms with Crippen LogP contribution in [0.4, 0.5) is 11.4 Å². The summed E-state index contributed by atoms with van der Waals surface area (Å²) >= 11 is 3.44. The molecule has 1 N–H and O–H groups in total. The molecule has 1 heterocycles. The molecule has 0 aliphatic rings. The summed E-state index contributed by atoms with van der Waals surface area (Å²) < 4.78 is 0.799. The first kappa shape index (κ1) is 13.7. The Balaban J connectivity index is 2.65. The molecule has 0 aliphatic carbocycles. The van der Waals surface area contributed by atoms with Crippen molar-refractivity contribution in [1.82, 2.24) is 4.98 Å². The summed E-state index contributed by atoms with van der Waals surface area (Å²) in [6.07, 6.45) is 1.30. The van der Waals surface area contributed by atoms with Crippen molar-refractivity contribution in [2.24, 2.45) is 5.92 Å². The van der Waals surface area contributed by atoms with E-state index in [4.69, 9.17) is 0 Å². The fourth-order valence-electron chi connectivity index (χ4n) is 1.81. The van der Waals surface area contributed by atoms with Crippen LogP contribution in [0.25, 0.3) is 10.9 Å². The second-order valence-electron chi connectivity index (χ2n) is 4.68. The fraction of sp³-hybridized carbons (Fsp3) is 0.308. The molecule has 0 aliphatic heterocycles. The van der Waals surface area contributed by atoms with Gasteiger partial charge in [-0.05, 0) is 18.1 Å². The van der Waals surface area contributed by atoms with Gasteiger partial charge in [0.25, 0.3) is 0 Å². The van der Waals surface area contributed by atoms with Crippen molar-refractivity contribution in [2.45, 2.75) is 13.8 Å². The minimum atomic E-state index is -0.408. The van der Waals surface area contributed by atoms with Crippen molar-refractivity contribution in [3.8, 4) is 0 Å². The van der Waals surface area contributed by atoms with Crippen molar-refractivity contribution in [1.29, 1.82) is 0 Å². The van der Waals surface area contributed by atoms with E-state index < -0.39 is 4.92 Å². The van der Waals surface area contributed by atoms with Gasteiger partial charge in [-0.3, -0.25) is 10.1 Å². The standard InChI is InChI=1S/C13H14BrN3O2/c1-8(2)6-16-13-11(17(18)19)7-15-10-5-3-4-9(14)12(10)13/h3-5,7-8H,6H2,1-2H3,(H,15,16). The molecule has 2 rings (SSSR count). The molecule has 0 saturated heterocycles. The van der Waals surface area contributed by atoms with Crippen LogP contribution in [0.1, 0.15) is 13.8 Å². The molecule has 19 heavy (non-hydrogen) atoms. The first-order chi connectivity index (χ1) is 9.00. The maximum absolute atomic E-state index is 11.1. The Morgan fingerprint density at radius 1 is 1.47 bits per heavy atom. The molecule has 0 unspecified atom stereocenters. The van der Waals surface area contributed by atoms with E-state index in [-0.39, 0.29) is 5.69 Å². The smallest absolute Gasteiger partial charge is 0.311 e. The molecule has 1 aromatic carbocycles. The predicted molar refractivity (Wildman–Crippen MR) is 79.4 cm³/mol. The average molecular weight is 324 g/mol. The average Bonchev–Trinajstić information content (AvgIpc) is 2.35. The molecule has 5 nitrogen and oxygen atoms in total. The fourth-order valence-corrected chi connectivity index (χ4v) is 2.37. The molecule has 0 bridgehead atoms. The van der Waals surface area contributed by atoms with Gasteiger partial charge >= 0.3 is 5.69 Å². The van der Waals surface area contributed by atoms with Gasteiger partial charge in [-0.15, -0.1) is 0 Å². The molecular weight excluding hydrogens is 310 g/mol. The quantitative estimate of drug-likeness (QED) is 0.682. The van der Waals surface area contributed by atoms with Crippen LogP contribution in [-0.2, 0) is 0 Å². The van der Waals surface area contributed by atoms with E-state index in [1.165, 1.54) is 6.20 Å². The van der Waals surface area contributed by atoms with Gasteiger partial charge in [-0.1, -0.05) is 35.8 Å². The predicted octanol–water partition coefficient (Wildman–Crippen LogP) is 3.97. The van der Waals surface area contributed by atoms with E-state index in [2.05, 4.69) is 40.1 Å². The summed E-state index contributed by atoms with van der Waals surface area (Å²) in [5.74, 6) is 0.394. The topological polar surface area (TPSA) is 68.1 Å². The van der Waals surface area contributed by atoms with Crippen LogP contribution in [0.3, 0.4) is 0 Å². The lowest BCUT2D eigenvalue weighted by molar-refractivity contribution is -0.384. The largest absolute Gasteiger partial charge is 0.379 e. The Kier molecular flexibility index (Phi) is 3.99. The van der Waals surface area contributed by atoms with Crippen molar-refractivity contribution < 1.29 is 4.92 Å². The third kappa shape index (κ3) is 2.84. The number of benzene rings is 1. The number of nitrogens with one attached hydrogen (secondary N) is 1. The molecule has 0 radical (unpaired) electrons. The number of nitrogens with zero attached hydrogens (tertiary/aromatic N) is 2. The van der Waals surface area contributed by atoms with Gasteiger partial charge in [0, 0.05) is 16.4 Å². The summed E-state index contributed by atoms with van der Waals surface area (Å²) in [5, 5.41) is 15.0. The number of rotatable bonds is 4. The minimum Gasteiger partial charge on any atom is -0.379 e. The van der Waals surface area contributed by atoms with Crippen molar-refractivity contribution in [3.05, 3.63) is 39.0 Å². The maximum Gasteiger partial charge on any atom is 0.311 e. The Labute approximate surface area is 119 Å². The SMILES string of the molecule is CC(C)CNc1c([N+](=O)[O-])cnc2cccc(Br)c12. The highest BCUT2D eigenvalue weighted by Crippen LogP contribution is 2.36. The number of aromatic nitrogens is 1. The summed E-state index contributed by atoms with van der Waals surface area (Å²) in [5.41, 5.74) is 1.25. The molecule has 2 aromatic rings. The molecule has 0 spiro atoms. The van der Waals surface area contributed by atoms with Crippen molar-refractivity contribution >= 4 is 38.2 Å². The van der Waals surface area contributed by atoms with Crippen LogP contribution < -0.4 is 5.32 Å². The zero-order valence-corrected chi connectivity index (χ0v) is 12.3. The molecule has 0 atom stereocenters.